The van der Waals surface area contributed by atoms with Crippen molar-refractivity contribution >= 4 is 15.7 Å². The summed E-state index contributed by atoms with van der Waals surface area (Å²) < 4.78 is 75.0. The Hall–Kier alpha value is -2.71. The van der Waals surface area contributed by atoms with Crippen LogP contribution in [0, 0.1) is 0 Å². The fourth-order valence-corrected chi connectivity index (χ4v) is 6.56. The van der Waals surface area contributed by atoms with Crippen LogP contribution in [0.2, 0.25) is 0 Å². The topological polar surface area (TPSA) is 117 Å². The van der Waals surface area contributed by atoms with E-state index in [1.807, 2.05) is 0 Å². The molecule has 0 saturated carbocycles. The standard InChI is InChI=1S/C25H30F3N3O6S/c26-25(27,28)18-1-3-19(4-2-18)37-20-5-7-21(8-6-20)38(34,35)24(9-11-29-12-10-24)23(33)30-17-22(32)31-13-15-36-16-14-31/h1-8,22,29,32H,9-17H2,(H,30,33). The number of alkyl halides is 3. The van der Waals surface area contributed by atoms with Gasteiger partial charge in [-0.2, -0.15) is 13.2 Å². The van der Waals surface area contributed by atoms with Gasteiger partial charge in [0.05, 0.1) is 30.2 Å². The molecule has 13 heteroatoms. The highest BCUT2D eigenvalue weighted by atomic mass is 32.2. The van der Waals surface area contributed by atoms with Crippen LogP contribution in [-0.2, 0) is 25.5 Å². The number of piperidine rings is 1. The fraction of sp³-hybridized carbons (Fsp3) is 0.480. The Kier molecular flexibility index (Phi) is 8.62. The van der Waals surface area contributed by atoms with Crippen LogP contribution >= 0.6 is 0 Å². The molecule has 208 valence electrons. The van der Waals surface area contributed by atoms with Crippen molar-refractivity contribution in [2.24, 2.45) is 0 Å². The Morgan fingerprint density at radius 3 is 2.16 bits per heavy atom. The lowest BCUT2D eigenvalue weighted by Crippen LogP contribution is -2.59. The molecule has 1 atom stereocenters. The second-order valence-corrected chi connectivity index (χ2v) is 11.4. The third kappa shape index (κ3) is 6.12. The minimum Gasteiger partial charge on any atom is -0.457 e. The first-order valence-electron chi connectivity index (χ1n) is 12.2. The van der Waals surface area contributed by atoms with Crippen LogP contribution in [0.3, 0.4) is 0 Å². The lowest BCUT2D eigenvalue weighted by molar-refractivity contribution is -0.137. The molecule has 0 spiro atoms. The highest BCUT2D eigenvalue weighted by molar-refractivity contribution is 7.93. The van der Waals surface area contributed by atoms with Gasteiger partial charge in [0, 0.05) is 13.1 Å². The normalized spacial score (nSPS) is 19.5. The largest absolute Gasteiger partial charge is 0.457 e. The van der Waals surface area contributed by atoms with Crippen LogP contribution in [0.15, 0.2) is 53.4 Å². The molecular weight excluding hydrogens is 527 g/mol. The molecule has 2 fully saturated rings. The number of nitrogens with one attached hydrogen (secondary N) is 2. The lowest BCUT2D eigenvalue weighted by atomic mass is 9.96. The summed E-state index contributed by atoms with van der Waals surface area (Å²) in [6.07, 6.45) is -5.32. The van der Waals surface area contributed by atoms with E-state index in [-0.39, 0.29) is 35.8 Å². The number of halogens is 3. The zero-order valence-electron chi connectivity index (χ0n) is 20.5. The Morgan fingerprint density at radius 2 is 1.61 bits per heavy atom. The predicted molar refractivity (Wildman–Crippen MR) is 131 cm³/mol. The predicted octanol–water partition coefficient (Wildman–Crippen LogP) is 2.16. The van der Waals surface area contributed by atoms with Gasteiger partial charge in [-0.25, -0.2) is 8.42 Å². The number of sulfone groups is 1. The monoisotopic (exact) mass is 557 g/mol. The molecule has 0 aliphatic carbocycles. The van der Waals surface area contributed by atoms with Gasteiger partial charge in [0.2, 0.25) is 5.91 Å². The van der Waals surface area contributed by atoms with E-state index in [0.717, 1.165) is 12.1 Å². The lowest BCUT2D eigenvalue weighted by Gasteiger charge is -2.36. The van der Waals surface area contributed by atoms with Crippen LogP contribution in [-0.4, -0.2) is 81.2 Å². The minimum atomic E-state index is -4.47. The van der Waals surface area contributed by atoms with E-state index in [0.29, 0.717) is 39.4 Å². The summed E-state index contributed by atoms with van der Waals surface area (Å²) in [5.74, 6) is -0.292. The SMILES string of the molecule is O=C(NCC(O)N1CCOCC1)C1(S(=O)(=O)c2ccc(Oc3ccc(C(F)(F)F)cc3)cc2)CCNCC1. The van der Waals surface area contributed by atoms with Gasteiger partial charge in [0.25, 0.3) is 0 Å². The summed E-state index contributed by atoms with van der Waals surface area (Å²) in [5.41, 5.74) is -0.811. The van der Waals surface area contributed by atoms with Crippen molar-refractivity contribution in [1.82, 2.24) is 15.5 Å². The van der Waals surface area contributed by atoms with Crippen molar-refractivity contribution < 1.29 is 41.0 Å². The first kappa shape index (κ1) is 28.3. The number of hydrogen-bond acceptors (Lipinski definition) is 8. The third-order valence-corrected chi connectivity index (χ3v) is 9.32. The molecule has 2 aromatic rings. The van der Waals surface area contributed by atoms with Gasteiger partial charge in [0.15, 0.2) is 14.6 Å². The smallest absolute Gasteiger partial charge is 0.416 e. The zero-order chi connectivity index (χ0) is 27.4. The molecular formula is C25H30F3N3O6S. The third-order valence-electron chi connectivity index (χ3n) is 6.80. The van der Waals surface area contributed by atoms with Gasteiger partial charge < -0.3 is 25.2 Å². The summed E-state index contributed by atoms with van der Waals surface area (Å²) in [4.78, 5) is 15.0. The minimum absolute atomic E-state index is 0.0542. The second kappa shape index (κ2) is 11.6. The maximum absolute atomic E-state index is 13.8. The molecule has 2 aliphatic rings. The number of aliphatic hydroxyl groups excluding tert-OH is 1. The van der Waals surface area contributed by atoms with E-state index in [9.17, 15) is 31.5 Å². The van der Waals surface area contributed by atoms with E-state index >= 15 is 0 Å². The number of rotatable bonds is 8. The van der Waals surface area contributed by atoms with Gasteiger partial charge in [-0.3, -0.25) is 9.69 Å². The van der Waals surface area contributed by atoms with Crippen molar-refractivity contribution in [3.63, 3.8) is 0 Å². The number of nitrogens with zero attached hydrogens (tertiary/aromatic N) is 1. The summed E-state index contributed by atoms with van der Waals surface area (Å²) in [6, 6.07) is 9.54. The molecule has 9 nitrogen and oxygen atoms in total. The van der Waals surface area contributed by atoms with E-state index < -0.39 is 38.5 Å². The van der Waals surface area contributed by atoms with Crippen molar-refractivity contribution in [1.29, 1.82) is 0 Å². The van der Waals surface area contributed by atoms with Crippen LogP contribution in [0.25, 0.3) is 0 Å². The zero-order valence-corrected chi connectivity index (χ0v) is 21.4. The number of amides is 1. The molecule has 2 heterocycles. The molecule has 0 aromatic heterocycles. The quantitative estimate of drug-likeness (QED) is 0.452. The molecule has 0 bridgehead atoms. The van der Waals surface area contributed by atoms with E-state index in [2.05, 4.69) is 10.6 Å². The summed E-state index contributed by atoms with van der Waals surface area (Å²) in [6.45, 7) is 2.47. The summed E-state index contributed by atoms with van der Waals surface area (Å²) >= 11 is 0. The van der Waals surface area contributed by atoms with Crippen LogP contribution < -0.4 is 15.4 Å². The molecule has 1 unspecified atom stereocenters. The molecule has 2 saturated heterocycles. The van der Waals surface area contributed by atoms with Crippen LogP contribution in [0.5, 0.6) is 11.5 Å². The van der Waals surface area contributed by atoms with Crippen molar-refractivity contribution in [3.8, 4) is 11.5 Å². The van der Waals surface area contributed by atoms with Crippen LogP contribution in [0.1, 0.15) is 18.4 Å². The molecule has 38 heavy (non-hydrogen) atoms. The number of benzene rings is 2. The van der Waals surface area contributed by atoms with Crippen molar-refractivity contribution in [2.45, 2.75) is 34.9 Å². The average molecular weight is 558 g/mol. The molecule has 0 radical (unpaired) electrons. The Morgan fingerprint density at radius 1 is 1.05 bits per heavy atom. The van der Waals surface area contributed by atoms with E-state index in [1.54, 1.807) is 4.90 Å². The van der Waals surface area contributed by atoms with Gasteiger partial charge in [-0.15, -0.1) is 0 Å². The van der Waals surface area contributed by atoms with Gasteiger partial charge in [-0.1, -0.05) is 0 Å². The molecule has 1 amide bonds. The Labute approximate surface area is 218 Å². The number of aliphatic hydroxyl groups is 1. The van der Waals surface area contributed by atoms with E-state index in [4.69, 9.17) is 9.47 Å². The Bertz CT molecular complexity index is 1190. The maximum Gasteiger partial charge on any atom is 0.416 e. The van der Waals surface area contributed by atoms with E-state index in [1.165, 1.54) is 36.4 Å². The summed E-state index contributed by atoms with van der Waals surface area (Å²) in [7, 11) is -4.16. The van der Waals surface area contributed by atoms with Gasteiger partial charge in [0.1, 0.15) is 17.7 Å². The molecule has 3 N–H and O–H groups in total. The van der Waals surface area contributed by atoms with Crippen molar-refractivity contribution in [3.05, 3.63) is 54.1 Å². The highest BCUT2D eigenvalue weighted by Gasteiger charge is 2.51. The number of carbonyl (C=O) groups excluding carboxylic acids is 1. The first-order valence-corrected chi connectivity index (χ1v) is 13.7. The second-order valence-electron chi connectivity index (χ2n) is 9.18. The summed E-state index contributed by atoms with van der Waals surface area (Å²) in [5, 5.41) is 16.2. The number of carbonyl (C=O) groups is 1. The Balaban J connectivity index is 1.48. The highest BCUT2D eigenvalue weighted by Crippen LogP contribution is 2.36. The average Bonchev–Trinajstić information content (AvgIpc) is 2.92. The van der Waals surface area contributed by atoms with Gasteiger partial charge in [-0.05, 0) is 74.5 Å². The first-order chi connectivity index (χ1) is 18.0. The van der Waals surface area contributed by atoms with Crippen LogP contribution in [0.4, 0.5) is 13.2 Å². The number of hydrogen-bond donors (Lipinski definition) is 3. The number of ether oxygens (including phenoxy) is 2. The fourth-order valence-electron chi connectivity index (χ4n) is 4.56. The molecule has 4 rings (SSSR count). The molecule has 2 aromatic carbocycles. The number of morpholine rings is 1. The van der Waals surface area contributed by atoms with Crippen molar-refractivity contribution in [2.75, 3.05) is 45.9 Å². The van der Waals surface area contributed by atoms with Gasteiger partial charge >= 0.3 is 6.18 Å². The maximum atomic E-state index is 13.8. The molecule has 2 aliphatic heterocycles.